The second kappa shape index (κ2) is 18.4. The first kappa shape index (κ1) is 29.0. The highest BCUT2D eigenvalue weighted by Crippen LogP contribution is 2.26. The molecule has 12 heteroatoms. The molecule has 1 N–H and O–H groups in total. The van der Waals surface area contributed by atoms with E-state index in [1.165, 1.54) is 7.05 Å². The van der Waals surface area contributed by atoms with Crippen molar-refractivity contribution in [1.29, 1.82) is 0 Å². The zero-order chi connectivity index (χ0) is 23.6. The Kier molecular flexibility index (Phi) is 16.7. The Hall–Kier alpha value is -0.990. The first-order chi connectivity index (χ1) is 15.6. The van der Waals surface area contributed by atoms with Crippen molar-refractivity contribution in [3.05, 3.63) is 12.9 Å². The van der Waals surface area contributed by atoms with Crippen LogP contribution in [0.1, 0.15) is 33.2 Å². The largest absolute Gasteiger partial charge is 0.377 e. The van der Waals surface area contributed by atoms with Gasteiger partial charge in [-0.25, -0.2) is 0 Å². The van der Waals surface area contributed by atoms with Gasteiger partial charge in [0, 0.05) is 20.1 Å². The van der Waals surface area contributed by atoms with Crippen LogP contribution in [0.5, 0.6) is 0 Å². The number of rotatable bonds is 2. The number of amides is 2. The van der Waals surface area contributed by atoms with E-state index in [2.05, 4.69) is 5.32 Å². The molecule has 1 aromatic heterocycles. The molecule has 0 atom stereocenters. The smallest absolute Gasteiger partial charge is 0.265 e. The lowest BCUT2D eigenvalue weighted by Gasteiger charge is -2.22. The molecule has 2 amide bonds. The lowest BCUT2D eigenvalue weighted by atomic mass is 10.3. The van der Waals surface area contributed by atoms with Crippen molar-refractivity contribution in [3.8, 4) is 0 Å². The molecule has 2 heterocycles. The number of hydrogen-bond acceptors (Lipinski definition) is 10. The molecule has 0 spiro atoms. The Labute approximate surface area is 202 Å². The number of carbonyl (C=O) groups is 2. The summed E-state index contributed by atoms with van der Waals surface area (Å²) in [4.78, 5) is 27.6. The predicted molar refractivity (Wildman–Crippen MR) is 128 cm³/mol. The number of nitrogens with one attached hydrogen (secondary N) is 1. The van der Waals surface area contributed by atoms with Crippen molar-refractivity contribution in [3.63, 3.8) is 0 Å². The maximum atomic E-state index is 13.1. The van der Waals surface area contributed by atoms with Gasteiger partial charge in [0.05, 0.1) is 66.1 Å². The minimum absolute atomic E-state index is 0.253. The van der Waals surface area contributed by atoms with E-state index in [1.807, 2.05) is 13.8 Å². The van der Waals surface area contributed by atoms with Crippen molar-refractivity contribution < 1.29 is 33.3 Å². The zero-order valence-electron chi connectivity index (χ0n) is 19.0. The van der Waals surface area contributed by atoms with Crippen LogP contribution in [0, 0.1) is 3.14 Å². The quantitative estimate of drug-likeness (QED) is 0.607. The third-order valence-electron chi connectivity index (χ3n) is 3.99. The van der Waals surface area contributed by atoms with E-state index in [0.29, 0.717) is 92.1 Å². The Morgan fingerprint density at radius 2 is 1.12 bits per heavy atom. The second-order valence-corrected chi connectivity index (χ2v) is 9.27. The molecule has 1 aliphatic rings. The molecular formula is C20H34N2O7S3. The Bertz CT molecular complexity index is 694. The number of ether oxygens (including phenoxy) is 5. The summed E-state index contributed by atoms with van der Waals surface area (Å²) in [5, 5.41) is 2.56. The monoisotopic (exact) mass is 510 g/mol. The van der Waals surface area contributed by atoms with Crippen LogP contribution in [0.2, 0.25) is 0 Å². The van der Waals surface area contributed by atoms with Crippen LogP contribution >= 0.6 is 34.9 Å². The molecule has 184 valence electrons. The molecule has 32 heavy (non-hydrogen) atoms. The minimum atomic E-state index is -0.317. The van der Waals surface area contributed by atoms with Crippen LogP contribution < -0.4 is 5.32 Å². The van der Waals surface area contributed by atoms with E-state index in [9.17, 15) is 9.59 Å². The van der Waals surface area contributed by atoms with Crippen LogP contribution in [0.4, 0.5) is 0 Å². The van der Waals surface area contributed by atoms with E-state index < -0.39 is 0 Å². The van der Waals surface area contributed by atoms with E-state index in [-0.39, 0.29) is 11.8 Å². The summed E-state index contributed by atoms with van der Waals surface area (Å²) in [6, 6.07) is 0. The fraction of sp³-hybridized carbons (Fsp3) is 0.750. The van der Waals surface area contributed by atoms with Crippen molar-refractivity contribution in [2.45, 2.75) is 13.8 Å². The van der Waals surface area contributed by atoms with E-state index in [4.69, 9.17) is 35.9 Å². The van der Waals surface area contributed by atoms with E-state index in [1.54, 1.807) is 4.90 Å². The van der Waals surface area contributed by atoms with Crippen molar-refractivity contribution in [2.75, 3.05) is 86.2 Å². The fourth-order valence-electron chi connectivity index (χ4n) is 2.47. The van der Waals surface area contributed by atoms with Gasteiger partial charge in [-0.15, -0.1) is 22.7 Å². The van der Waals surface area contributed by atoms with Gasteiger partial charge < -0.3 is 33.9 Å². The molecule has 0 aromatic carbocycles. The highest BCUT2D eigenvalue weighted by Gasteiger charge is 2.25. The van der Waals surface area contributed by atoms with Gasteiger partial charge in [-0.1, -0.05) is 26.1 Å². The summed E-state index contributed by atoms with van der Waals surface area (Å²) in [5.41, 5.74) is 0. The van der Waals surface area contributed by atoms with Crippen molar-refractivity contribution in [2.24, 2.45) is 0 Å². The average molecular weight is 511 g/mol. The van der Waals surface area contributed by atoms with Gasteiger partial charge in [0.15, 0.2) is 0 Å². The zero-order valence-corrected chi connectivity index (χ0v) is 21.5. The third-order valence-corrected chi connectivity index (χ3v) is 6.63. The van der Waals surface area contributed by atoms with Crippen LogP contribution in [-0.4, -0.2) is 103 Å². The topological polar surface area (TPSA) is 95.6 Å². The minimum Gasteiger partial charge on any atom is -0.377 e. The Morgan fingerprint density at radius 1 is 0.750 bits per heavy atom. The lowest BCUT2D eigenvalue weighted by Crippen LogP contribution is -2.37. The van der Waals surface area contributed by atoms with Gasteiger partial charge in [-0.3, -0.25) is 9.59 Å². The molecule has 1 aliphatic heterocycles. The molecular weight excluding hydrogens is 476 g/mol. The molecule has 2 rings (SSSR count). The van der Waals surface area contributed by atoms with Crippen molar-refractivity contribution in [1.82, 2.24) is 10.2 Å². The van der Waals surface area contributed by atoms with Crippen LogP contribution in [0.25, 0.3) is 0 Å². The SMILES string of the molecule is CC.CNC(=O)c1sc(=S)sc1C(=O)N1CCOCCOCCOCCOCCOCC1. The van der Waals surface area contributed by atoms with E-state index in [0.717, 1.165) is 22.7 Å². The summed E-state index contributed by atoms with van der Waals surface area (Å²) in [5.74, 6) is -0.569. The summed E-state index contributed by atoms with van der Waals surface area (Å²) in [6.07, 6.45) is 0. The second-order valence-electron chi connectivity index (χ2n) is 6.05. The van der Waals surface area contributed by atoms with Crippen LogP contribution in [-0.2, 0) is 23.7 Å². The fourth-order valence-corrected chi connectivity index (χ4v) is 5.00. The molecule has 0 bridgehead atoms. The maximum absolute atomic E-state index is 13.1. The van der Waals surface area contributed by atoms with Gasteiger partial charge >= 0.3 is 0 Å². The Balaban J connectivity index is 0.00000249. The molecule has 0 unspecified atom stereocenters. The van der Waals surface area contributed by atoms with Gasteiger partial charge in [-0.2, -0.15) is 0 Å². The number of carbonyl (C=O) groups excluding carboxylic acids is 2. The summed E-state index contributed by atoms with van der Waals surface area (Å²) >= 11 is 7.50. The predicted octanol–water partition coefficient (Wildman–Crippen LogP) is 2.46. The van der Waals surface area contributed by atoms with Crippen LogP contribution in [0.3, 0.4) is 0 Å². The van der Waals surface area contributed by atoms with Crippen molar-refractivity contribution >= 4 is 46.7 Å². The highest BCUT2D eigenvalue weighted by atomic mass is 32.2. The van der Waals surface area contributed by atoms with Gasteiger partial charge in [0.25, 0.3) is 11.8 Å². The molecule has 1 saturated heterocycles. The summed E-state index contributed by atoms with van der Waals surface area (Å²) in [6.45, 7) is 9.14. The summed E-state index contributed by atoms with van der Waals surface area (Å²) in [7, 11) is 1.53. The van der Waals surface area contributed by atoms with Gasteiger partial charge in [0.1, 0.15) is 12.9 Å². The molecule has 9 nitrogen and oxygen atoms in total. The highest BCUT2D eigenvalue weighted by molar-refractivity contribution is 7.76. The first-order valence-electron chi connectivity index (χ1n) is 10.7. The standard InChI is InChI=1S/C18H28N2O7S3.C2H6/c1-19-16(21)14-15(30-18(28)29-14)17(22)20-2-4-23-6-8-25-10-12-27-13-11-26-9-7-24-5-3-20;1-2/h2-13H2,1H3,(H,19,21);1-2H3. The normalized spacial score (nSPS) is 17.9. The van der Waals surface area contributed by atoms with Gasteiger partial charge in [0.2, 0.25) is 0 Å². The molecule has 1 aromatic rings. The average Bonchev–Trinajstić information content (AvgIpc) is 3.21. The first-order valence-corrected chi connectivity index (χ1v) is 12.7. The third kappa shape index (κ3) is 11.2. The van der Waals surface area contributed by atoms with E-state index >= 15 is 0 Å². The molecule has 1 fully saturated rings. The Morgan fingerprint density at radius 3 is 1.53 bits per heavy atom. The maximum Gasteiger partial charge on any atom is 0.265 e. The molecule has 0 radical (unpaired) electrons. The summed E-state index contributed by atoms with van der Waals surface area (Å²) < 4.78 is 28.0. The molecule has 0 aliphatic carbocycles. The lowest BCUT2D eigenvalue weighted by molar-refractivity contribution is -0.0175. The van der Waals surface area contributed by atoms with Crippen LogP contribution in [0.15, 0.2) is 0 Å². The number of hydrogen-bond donors (Lipinski definition) is 1. The number of nitrogens with zero attached hydrogens (tertiary/aromatic N) is 1. The van der Waals surface area contributed by atoms with Gasteiger partial charge in [-0.05, 0) is 0 Å². The molecule has 0 saturated carbocycles.